The van der Waals surface area contributed by atoms with Gasteiger partial charge in [-0.2, -0.15) is 0 Å². The third kappa shape index (κ3) is 4.40. The highest BCUT2D eigenvalue weighted by atomic mass is 16.4. The fourth-order valence-electron chi connectivity index (χ4n) is 3.63. The second kappa shape index (κ2) is 8.71. The standard InChI is InChI=1S/C18H17N3.C6H5NO3/c19-17-14-8-4-5-9-16(14)20-18-15(17)10-11-21(18)12-13-6-2-1-3-7-13;8-5-1-4(6(9)10)2-7-3-5/h1-9H,10-12H2,(H2,19,20);1-3,8H,(H,9,10). The highest BCUT2D eigenvalue weighted by molar-refractivity contribution is 5.95. The third-order valence-electron chi connectivity index (χ3n) is 5.13. The SMILES string of the molecule is Nc1c2c(nc3ccccc13)N(Cc1ccccc1)CC2.O=C(O)c1cncc(O)c1. The summed E-state index contributed by atoms with van der Waals surface area (Å²) < 4.78 is 0. The van der Waals surface area contributed by atoms with Gasteiger partial charge in [-0.3, -0.25) is 4.98 Å². The molecule has 4 N–H and O–H groups in total. The van der Waals surface area contributed by atoms with Crippen molar-refractivity contribution in [2.24, 2.45) is 0 Å². The maximum atomic E-state index is 10.2. The van der Waals surface area contributed by atoms with Gasteiger partial charge in [-0.1, -0.05) is 48.5 Å². The molecule has 2 aromatic heterocycles. The number of nitrogens with zero attached hydrogens (tertiary/aromatic N) is 3. The third-order valence-corrected chi connectivity index (χ3v) is 5.13. The van der Waals surface area contributed by atoms with Gasteiger partial charge < -0.3 is 20.8 Å². The first kappa shape index (κ1) is 20.2. The maximum Gasteiger partial charge on any atom is 0.337 e. The molecule has 0 saturated heterocycles. The monoisotopic (exact) mass is 414 g/mol. The van der Waals surface area contributed by atoms with Crippen molar-refractivity contribution in [2.75, 3.05) is 17.2 Å². The van der Waals surface area contributed by atoms with Crippen molar-refractivity contribution in [3.63, 3.8) is 0 Å². The van der Waals surface area contributed by atoms with Gasteiger partial charge in [-0.25, -0.2) is 9.78 Å². The lowest BCUT2D eigenvalue weighted by atomic mass is 10.1. The largest absolute Gasteiger partial charge is 0.506 e. The number of hydrogen-bond donors (Lipinski definition) is 3. The summed E-state index contributed by atoms with van der Waals surface area (Å²) >= 11 is 0. The Labute approximate surface area is 179 Å². The number of hydrogen-bond acceptors (Lipinski definition) is 6. The van der Waals surface area contributed by atoms with Crippen LogP contribution in [0.15, 0.2) is 73.1 Å². The molecule has 0 unspecified atom stereocenters. The highest BCUT2D eigenvalue weighted by Gasteiger charge is 2.24. The summed E-state index contributed by atoms with van der Waals surface area (Å²) in [5.74, 6) is -0.182. The Morgan fingerprint density at radius 1 is 1.06 bits per heavy atom. The summed E-state index contributed by atoms with van der Waals surface area (Å²) in [5, 5.41) is 18.2. The molecule has 0 bridgehead atoms. The summed E-state index contributed by atoms with van der Waals surface area (Å²) in [6.07, 6.45) is 3.32. The van der Waals surface area contributed by atoms with E-state index in [1.807, 2.05) is 24.3 Å². The Bertz CT molecular complexity index is 1230. The number of fused-ring (bicyclic) bond motifs is 2. The molecule has 156 valence electrons. The van der Waals surface area contributed by atoms with E-state index in [2.05, 4.69) is 40.2 Å². The molecule has 0 spiro atoms. The molecule has 31 heavy (non-hydrogen) atoms. The van der Waals surface area contributed by atoms with Crippen LogP contribution in [0.1, 0.15) is 21.5 Å². The van der Waals surface area contributed by atoms with E-state index in [0.717, 1.165) is 48.0 Å². The van der Waals surface area contributed by atoms with Gasteiger partial charge in [0.05, 0.1) is 17.3 Å². The smallest absolute Gasteiger partial charge is 0.337 e. The van der Waals surface area contributed by atoms with Gasteiger partial charge in [0.15, 0.2) is 0 Å². The first-order chi connectivity index (χ1) is 15.0. The van der Waals surface area contributed by atoms with Crippen LogP contribution in [0.5, 0.6) is 5.75 Å². The molecule has 7 heteroatoms. The zero-order valence-corrected chi connectivity index (χ0v) is 16.8. The molecule has 2 aromatic carbocycles. The molecule has 7 nitrogen and oxygen atoms in total. The van der Waals surface area contributed by atoms with Crippen LogP contribution in [0.4, 0.5) is 11.5 Å². The Kier molecular flexibility index (Phi) is 5.66. The van der Waals surface area contributed by atoms with Crippen LogP contribution in [-0.2, 0) is 13.0 Å². The van der Waals surface area contributed by atoms with Crippen molar-refractivity contribution in [1.82, 2.24) is 9.97 Å². The van der Waals surface area contributed by atoms with Gasteiger partial charge in [-0.05, 0) is 24.1 Å². The number of nitrogens with two attached hydrogens (primary N) is 1. The normalized spacial score (nSPS) is 12.2. The summed E-state index contributed by atoms with van der Waals surface area (Å²) in [6, 6.07) is 19.8. The number of pyridine rings is 2. The van der Waals surface area contributed by atoms with E-state index in [1.54, 1.807) is 0 Å². The van der Waals surface area contributed by atoms with E-state index in [0.29, 0.717) is 0 Å². The first-order valence-corrected chi connectivity index (χ1v) is 9.86. The van der Waals surface area contributed by atoms with E-state index < -0.39 is 5.97 Å². The molecule has 0 radical (unpaired) electrons. The molecule has 5 rings (SSSR count). The van der Waals surface area contributed by atoms with Crippen LogP contribution >= 0.6 is 0 Å². The number of anilines is 2. The van der Waals surface area contributed by atoms with Gasteiger partial charge in [0.25, 0.3) is 0 Å². The van der Waals surface area contributed by atoms with Crippen LogP contribution in [-0.4, -0.2) is 32.7 Å². The average molecular weight is 414 g/mol. The Morgan fingerprint density at radius 2 is 1.81 bits per heavy atom. The van der Waals surface area contributed by atoms with E-state index in [4.69, 9.17) is 20.9 Å². The van der Waals surface area contributed by atoms with Crippen molar-refractivity contribution in [3.8, 4) is 5.75 Å². The second-order valence-corrected chi connectivity index (χ2v) is 7.24. The number of carboxylic acid groups (broad SMARTS) is 1. The molecule has 0 fully saturated rings. The topological polar surface area (TPSA) is 113 Å². The molecule has 0 saturated carbocycles. The molecule has 3 heterocycles. The minimum atomic E-state index is -1.09. The van der Waals surface area contributed by atoms with Crippen molar-refractivity contribution in [1.29, 1.82) is 0 Å². The number of aromatic nitrogens is 2. The number of aromatic carboxylic acids is 1. The predicted octanol–water partition coefficient (Wildman–Crippen LogP) is 3.87. The maximum absolute atomic E-state index is 10.2. The van der Waals surface area contributed by atoms with Crippen molar-refractivity contribution in [2.45, 2.75) is 13.0 Å². The summed E-state index contributed by atoms with van der Waals surface area (Å²) in [6.45, 7) is 1.87. The van der Waals surface area contributed by atoms with Crippen molar-refractivity contribution < 1.29 is 15.0 Å². The number of rotatable bonds is 3. The molecule has 0 amide bonds. The predicted molar refractivity (Wildman–Crippen MR) is 120 cm³/mol. The molecular weight excluding hydrogens is 392 g/mol. The quantitative estimate of drug-likeness (QED) is 0.466. The summed E-state index contributed by atoms with van der Waals surface area (Å²) in [5.41, 5.74) is 10.7. The Balaban J connectivity index is 0.000000196. The number of para-hydroxylation sites is 1. The molecule has 0 aliphatic carbocycles. The lowest BCUT2D eigenvalue weighted by Crippen LogP contribution is -2.20. The summed E-state index contributed by atoms with van der Waals surface area (Å²) in [7, 11) is 0. The zero-order chi connectivity index (χ0) is 21.8. The van der Waals surface area contributed by atoms with E-state index in [9.17, 15) is 4.79 Å². The molecular formula is C24H22N4O3. The summed E-state index contributed by atoms with van der Waals surface area (Å²) in [4.78, 5) is 20.8. The number of carboxylic acids is 1. The van der Waals surface area contributed by atoms with Crippen molar-refractivity contribution in [3.05, 3.63) is 89.7 Å². The highest BCUT2D eigenvalue weighted by Crippen LogP contribution is 2.36. The van der Waals surface area contributed by atoms with Crippen LogP contribution in [0.25, 0.3) is 10.9 Å². The molecule has 1 aliphatic rings. The fraction of sp³-hybridized carbons (Fsp3) is 0.125. The number of benzene rings is 2. The van der Waals surface area contributed by atoms with Crippen LogP contribution < -0.4 is 10.6 Å². The van der Waals surface area contributed by atoms with E-state index >= 15 is 0 Å². The first-order valence-electron chi connectivity index (χ1n) is 9.86. The Hall–Kier alpha value is -4.13. The van der Waals surface area contributed by atoms with Gasteiger partial charge in [-0.15, -0.1) is 0 Å². The number of aromatic hydroxyl groups is 1. The van der Waals surface area contributed by atoms with Gasteiger partial charge >= 0.3 is 5.97 Å². The lowest BCUT2D eigenvalue weighted by molar-refractivity contribution is 0.0696. The van der Waals surface area contributed by atoms with Gasteiger partial charge in [0, 0.05) is 35.9 Å². The van der Waals surface area contributed by atoms with E-state index in [-0.39, 0.29) is 11.3 Å². The number of carbonyl (C=O) groups is 1. The minimum Gasteiger partial charge on any atom is -0.506 e. The van der Waals surface area contributed by atoms with Crippen LogP contribution in [0, 0.1) is 0 Å². The number of nitrogen functional groups attached to an aromatic ring is 1. The molecule has 0 atom stereocenters. The lowest BCUT2D eigenvalue weighted by Gasteiger charge is -2.19. The van der Waals surface area contributed by atoms with Gasteiger partial charge in [0.1, 0.15) is 11.6 Å². The Morgan fingerprint density at radius 3 is 2.52 bits per heavy atom. The minimum absolute atomic E-state index is 0.0139. The molecule has 4 aromatic rings. The van der Waals surface area contributed by atoms with Crippen molar-refractivity contribution >= 4 is 28.4 Å². The van der Waals surface area contributed by atoms with Gasteiger partial charge in [0.2, 0.25) is 0 Å². The van der Waals surface area contributed by atoms with Crippen LogP contribution in [0.3, 0.4) is 0 Å². The molecule has 1 aliphatic heterocycles. The fourth-order valence-corrected chi connectivity index (χ4v) is 3.63. The second-order valence-electron chi connectivity index (χ2n) is 7.24. The average Bonchev–Trinajstić information content (AvgIpc) is 3.18. The van der Waals surface area contributed by atoms with E-state index in [1.165, 1.54) is 23.5 Å². The zero-order valence-electron chi connectivity index (χ0n) is 16.8. The van der Waals surface area contributed by atoms with Crippen LogP contribution in [0.2, 0.25) is 0 Å².